The van der Waals surface area contributed by atoms with Crippen LogP contribution in [0.15, 0.2) is 18.3 Å². The highest BCUT2D eigenvalue weighted by Gasteiger charge is 2.21. The van der Waals surface area contributed by atoms with E-state index in [0.29, 0.717) is 25.9 Å². The SMILES string of the molecule is Cc1[nH]nc(CCC(=O)NCc2cccnc2N2CCC[C@H](O)C2)c1C. The summed E-state index contributed by atoms with van der Waals surface area (Å²) in [6.07, 6.45) is 4.26. The van der Waals surface area contributed by atoms with Gasteiger partial charge in [0.05, 0.1) is 11.8 Å². The Bertz CT molecular complexity index is 758. The monoisotopic (exact) mass is 357 g/mol. The number of amides is 1. The molecule has 7 nitrogen and oxygen atoms in total. The fraction of sp³-hybridized carbons (Fsp3) is 0.526. The number of carbonyl (C=O) groups excluding carboxylic acids is 1. The number of hydrogen-bond acceptors (Lipinski definition) is 5. The van der Waals surface area contributed by atoms with E-state index in [9.17, 15) is 9.90 Å². The van der Waals surface area contributed by atoms with Crippen LogP contribution >= 0.6 is 0 Å². The Balaban J connectivity index is 1.56. The molecule has 1 amide bonds. The zero-order valence-electron chi connectivity index (χ0n) is 15.5. The minimum atomic E-state index is -0.311. The largest absolute Gasteiger partial charge is 0.391 e. The van der Waals surface area contributed by atoms with Gasteiger partial charge >= 0.3 is 0 Å². The smallest absolute Gasteiger partial charge is 0.220 e. The first-order chi connectivity index (χ1) is 12.5. The number of aryl methyl sites for hydroxylation is 2. The molecule has 2 aromatic rings. The molecule has 0 bridgehead atoms. The number of aliphatic hydroxyl groups excluding tert-OH is 1. The molecule has 140 valence electrons. The van der Waals surface area contributed by atoms with Gasteiger partial charge < -0.3 is 15.3 Å². The number of nitrogens with zero attached hydrogens (tertiary/aromatic N) is 3. The van der Waals surface area contributed by atoms with E-state index in [4.69, 9.17) is 0 Å². The van der Waals surface area contributed by atoms with Gasteiger partial charge in [0, 0.05) is 49.9 Å². The van der Waals surface area contributed by atoms with Gasteiger partial charge in [-0.2, -0.15) is 5.10 Å². The van der Waals surface area contributed by atoms with E-state index in [1.165, 1.54) is 0 Å². The molecule has 1 saturated heterocycles. The third-order valence-electron chi connectivity index (χ3n) is 4.98. The molecule has 2 aromatic heterocycles. The van der Waals surface area contributed by atoms with Crippen molar-refractivity contribution in [3.8, 4) is 0 Å². The number of hydrogen-bond donors (Lipinski definition) is 3. The predicted octanol–water partition coefficient (Wildman–Crippen LogP) is 1.63. The lowest BCUT2D eigenvalue weighted by molar-refractivity contribution is -0.121. The van der Waals surface area contributed by atoms with Gasteiger partial charge in [-0.3, -0.25) is 9.89 Å². The van der Waals surface area contributed by atoms with Crippen molar-refractivity contribution in [3.63, 3.8) is 0 Å². The number of H-pyrrole nitrogens is 1. The molecule has 7 heteroatoms. The van der Waals surface area contributed by atoms with Crippen molar-refractivity contribution in [1.29, 1.82) is 0 Å². The minimum absolute atomic E-state index is 0.00136. The van der Waals surface area contributed by atoms with E-state index in [1.807, 2.05) is 26.0 Å². The van der Waals surface area contributed by atoms with Crippen molar-refractivity contribution in [2.75, 3.05) is 18.0 Å². The molecule has 0 aliphatic carbocycles. The van der Waals surface area contributed by atoms with Crippen LogP contribution in [-0.2, 0) is 17.8 Å². The molecule has 1 fully saturated rings. The van der Waals surface area contributed by atoms with E-state index < -0.39 is 0 Å². The lowest BCUT2D eigenvalue weighted by Gasteiger charge is -2.32. The number of aromatic amines is 1. The van der Waals surface area contributed by atoms with Gasteiger partial charge in [0.25, 0.3) is 0 Å². The third-order valence-corrected chi connectivity index (χ3v) is 4.98. The summed E-state index contributed by atoms with van der Waals surface area (Å²) in [5.41, 5.74) is 4.09. The first kappa shape index (κ1) is 18.4. The van der Waals surface area contributed by atoms with Crippen LogP contribution in [0.2, 0.25) is 0 Å². The summed E-state index contributed by atoms with van der Waals surface area (Å²) in [6.45, 7) is 5.91. The van der Waals surface area contributed by atoms with Gasteiger partial charge in [0.15, 0.2) is 0 Å². The Kier molecular flexibility index (Phi) is 5.88. The van der Waals surface area contributed by atoms with E-state index in [1.54, 1.807) is 6.20 Å². The second kappa shape index (κ2) is 8.31. The highest BCUT2D eigenvalue weighted by Crippen LogP contribution is 2.21. The second-order valence-electron chi connectivity index (χ2n) is 6.93. The van der Waals surface area contributed by atoms with Crippen molar-refractivity contribution in [3.05, 3.63) is 40.8 Å². The van der Waals surface area contributed by atoms with Crippen molar-refractivity contribution in [2.24, 2.45) is 0 Å². The molecule has 0 saturated carbocycles. The van der Waals surface area contributed by atoms with Crippen LogP contribution in [0.25, 0.3) is 0 Å². The van der Waals surface area contributed by atoms with E-state index >= 15 is 0 Å². The Morgan fingerprint density at radius 3 is 3.04 bits per heavy atom. The average molecular weight is 357 g/mol. The minimum Gasteiger partial charge on any atom is -0.391 e. The number of anilines is 1. The maximum atomic E-state index is 12.2. The maximum absolute atomic E-state index is 12.2. The number of nitrogens with one attached hydrogen (secondary N) is 2. The molecule has 3 heterocycles. The fourth-order valence-corrected chi connectivity index (χ4v) is 3.29. The van der Waals surface area contributed by atoms with E-state index in [2.05, 4.69) is 25.4 Å². The molecule has 0 radical (unpaired) electrons. The summed E-state index contributed by atoms with van der Waals surface area (Å²) in [5.74, 6) is 0.851. The fourth-order valence-electron chi connectivity index (χ4n) is 3.29. The van der Waals surface area contributed by atoms with Crippen LogP contribution < -0.4 is 10.2 Å². The maximum Gasteiger partial charge on any atom is 0.220 e. The van der Waals surface area contributed by atoms with Gasteiger partial charge in [0.1, 0.15) is 5.82 Å². The molecule has 1 aliphatic heterocycles. The van der Waals surface area contributed by atoms with Crippen molar-refractivity contribution < 1.29 is 9.90 Å². The quantitative estimate of drug-likeness (QED) is 0.730. The number of aromatic nitrogens is 3. The van der Waals surface area contributed by atoms with Crippen molar-refractivity contribution in [2.45, 2.75) is 52.2 Å². The van der Waals surface area contributed by atoms with Gasteiger partial charge in [-0.1, -0.05) is 6.07 Å². The number of β-amino-alcohol motifs (C(OH)–C–C–N with tert-alkyl or cyclic N) is 1. The summed E-state index contributed by atoms with van der Waals surface area (Å²) in [6, 6.07) is 3.85. The molecule has 3 rings (SSSR count). The topological polar surface area (TPSA) is 94.1 Å². The molecular formula is C19H27N5O2. The number of carbonyl (C=O) groups is 1. The lowest BCUT2D eigenvalue weighted by atomic mass is 10.1. The zero-order chi connectivity index (χ0) is 18.5. The van der Waals surface area contributed by atoms with Crippen LogP contribution in [0.3, 0.4) is 0 Å². The number of aliphatic hydroxyl groups is 1. The summed E-state index contributed by atoms with van der Waals surface area (Å²) in [4.78, 5) is 18.8. The predicted molar refractivity (Wildman–Crippen MR) is 99.9 cm³/mol. The van der Waals surface area contributed by atoms with E-state index in [0.717, 1.165) is 47.7 Å². The Morgan fingerprint density at radius 2 is 2.31 bits per heavy atom. The standard InChI is InChI=1S/C19H27N5O2/c1-13-14(2)22-23-17(13)7-8-18(26)21-11-15-5-3-9-20-19(15)24-10-4-6-16(25)12-24/h3,5,9,16,25H,4,6-8,10-12H2,1-2H3,(H,21,26)(H,22,23)/t16-/m0/s1. The summed E-state index contributed by atoms with van der Waals surface area (Å²) in [7, 11) is 0. The van der Waals surface area contributed by atoms with Crippen LogP contribution in [0.5, 0.6) is 0 Å². The molecule has 1 atom stereocenters. The normalized spacial score (nSPS) is 17.3. The van der Waals surface area contributed by atoms with Gasteiger partial charge in [-0.15, -0.1) is 0 Å². The highest BCUT2D eigenvalue weighted by molar-refractivity contribution is 5.76. The molecule has 0 spiro atoms. The first-order valence-corrected chi connectivity index (χ1v) is 9.18. The number of pyridine rings is 1. The Morgan fingerprint density at radius 1 is 1.46 bits per heavy atom. The summed E-state index contributed by atoms with van der Waals surface area (Å²) < 4.78 is 0. The van der Waals surface area contributed by atoms with Crippen molar-refractivity contribution in [1.82, 2.24) is 20.5 Å². The molecule has 26 heavy (non-hydrogen) atoms. The van der Waals surface area contributed by atoms with Gasteiger partial charge in [-0.05, 0) is 38.3 Å². The van der Waals surface area contributed by atoms with Gasteiger partial charge in [-0.25, -0.2) is 4.98 Å². The molecule has 3 N–H and O–H groups in total. The van der Waals surface area contributed by atoms with Crippen molar-refractivity contribution >= 4 is 11.7 Å². The molecular weight excluding hydrogens is 330 g/mol. The number of piperidine rings is 1. The summed E-state index contributed by atoms with van der Waals surface area (Å²) >= 11 is 0. The Labute approximate surface area is 153 Å². The molecule has 0 unspecified atom stereocenters. The zero-order valence-corrected chi connectivity index (χ0v) is 15.5. The van der Waals surface area contributed by atoms with Crippen LogP contribution in [0.1, 0.15) is 41.8 Å². The van der Waals surface area contributed by atoms with Crippen LogP contribution in [-0.4, -0.2) is 45.4 Å². The first-order valence-electron chi connectivity index (χ1n) is 9.18. The molecule has 1 aliphatic rings. The van der Waals surface area contributed by atoms with E-state index in [-0.39, 0.29) is 12.0 Å². The Hall–Kier alpha value is -2.41. The third kappa shape index (κ3) is 4.40. The second-order valence-corrected chi connectivity index (χ2v) is 6.93. The average Bonchev–Trinajstić information content (AvgIpc) is 2.97. The summed E-state index contributed by atoms with van der Waals surface area (Å²) in [5, 5.41) is 20.1. The highest BCUT2D eigenvalue weighted by atomic mass is 16.3. The van der Waals surface area contributed by atoms with Crippen LogP contribution in [0.4, 0.5) is 5.82 Å². The van der Waals surface area contributed by atoms with Gasteiger partial charge in [0.2, 0.25) is 5.91 Å². The lowest BCUT2D eigenvalue weighted by Crippen LogP contribution is -2.39. The molecule has 0 aromatic carbocycles. The number of rotatable bonds is 6. The van der Waals surface area contributed by atoms with Crippen LogP contribution in [0, 0.1) is 13.8 Å².